The third-order valence-electron chi connectivity index (χ3n) is 3.26. The SMILES string of the molecule is O=C1CCCC[C@@H]1C/C=C/c1cccc(Cl)c1. The van der Waals surface area contributed by atoms with E-state index in [-0.39, 0.29) is 5.92 Å². The first-order chi connectivity index (χ1) is 8.25. The van der Waals surface area contributed by atoms with Crippen LogP contribution in [0, 0.1) is 5.92 Å². The van der Waals surface area contributed by atoms with Gasteiger partial charge in [0.05, 0.1) is 0 Å². The van der Waals surface area contributed by atoms with E-state index in [1.165, 1.54) is 6.42 Å². The fourth-order valence-electron chi connectivity index (χ4n) is 2.28. The summed E-state index contributed by atoms with van der Waals surface area (Å²) in [4.78, 5) is 11.6. The van der Waals surface area contributed by atoms with Crippen LogP contribution in [0.4, 0.5) is 0 Å². The lowest BCUT2D eigenvalue weighted by molar-refractivity contribution is -0.124. The van der Waals surface area contributed by atoms with Gasteiger partial charge in [-0.3, -0.25) is 4.79 Å². The van der Waals surface area contributed by atoms with Crippen LogP contribution in [0.15, 0.2) is 30.3 Å². The first kappa shape index (κ1) is 12.4. The molecule has 0 saturated heterocycles. The van der Waals surface area contributed by atoms with E-state index < -0.39 is 0 Å². The average Bonchev–Trinajstić information content (AvgIpc) is 2.32. The third-order valence-corrected chi connectivity index (χ3v) is 3.50. The molecular formula is C15H17ClO. The predicted octanol–water partition coefficient (Wildman–Crippen LogP) is 4.50. The minimum absolute atomic E-state index is 0.249. The molecule has 1 atom stereocenters. The molecule has 2 rings (SSSR count). The van der Waals surface area contributed by atoms with Gasteiger partial charge in [-0.15, -0.1) is 0 Å². The van der Waals surface area contributed by atoms with Crippen molar-refractivity contribution in [3.8, 4) is 0 Å². The van der Waals surface area contributed by atoms with Crippen LogP contribution in [-0.4, -0.2) is 5.78 Å². The highest BCUT2D eigenvalue weighted by Gasteiger charge is 2.20. The smallest absolute Gasteiger partial charge is 0.136 e. The van der Waals surface area contributed by atoms with E-state index in [1.807, 2.05) is 30.3 Å². The third kappa shape index (κ3) is 3.71. The summed E-state index contributed by atoms with van der Waals surface area (Å²) in [6.45, 7) is 0. The maximum Gasteiger partial charge on any atom is 0.136 e. The molecule has 0 aliphatic heterocycles. The molecule has 1 nitrogen and oxygen atoms in total. The number of Topliss-reactive ketones (excluding diaryl/α,β-unsaturated/α-hetero) is 1. The van der Waals surface area contributed by atoms with E-state index >= 15 is 0 Å². The molecule has 0 spiro atoms. The van der Waals surface area contributed by atoms with Crippen LogP contribution < -0.4 is 0 Å². The summed E-state index contributed by atoms with van der Waals surface area (Å²) < 4.78 is 0. The Morgan fingerprint density at radius 3 is 3.00 bits per heavy atom. The second kappa shape index (κ2) is 6.02. The number of ketones is 1. The molecule has 0 radical (unpaired) electrons. The van der Waals surface area contributed by atoms with Gasteiger partial charge in [-0.1, -0.05) is 42.3 Å². The van der Waals surface area contributed by atoms with Gasteiger partial charge in [0.25, 0.3) is 0 Å². The topological polar surface area (TPSA) is 17.1 Å². The predicted molar refractivity (Wildman–Crippen MR) is 72.1 cm³/mol. The summed E-state index contributed by atoms with van der Waals surface area (Å²) in [6.07, 6.45) is 9.11. The number of carbonyl (C=O) groups is 1. The molecule has 0 bridgehead atoms. The van der Waals surface area contributed by atoms with Gasteiger partial charge in [0.15, 0.2) is 0 Å². The van der Waals surface area contributed by atoms with Crippen molar-refractivity contribution in [3.63, 3.8) is 0 Å². The zero-order valence-corrected chi connectivity index (χ0v) is 10.6. The van der Waals surface area contributed by atoms with Crippen LogP contribution >= 0.6 is 11.6 Å². The van der Waals surface area contributed by atoms with Gasteiger partial charge in [-0.05, 0) is 37.0 Å². The number of rotatable bonds is 3. The van der Waals surface area contributed by atoms with Crippen LogP contribution in [0.2, 0.25) is 5.02 Å². The van der Waals surface area contributed by atoms with Crippen molar-refractivity contribution in [1.29, 1.82) is 0 Å². The molecule has 0 aromatic heterocycles. The van der Waals surface area contributed by atoms with Crippen LogP contribution in [-0.2, 0) is 4.79 Å². The molecule has 1 fully saturated rings. The van der Waals surface area contributed by atoms with E-state index in [4.69, 9.17) is 11.6 Å². The summed E-state index contributed by atoms with van der Waals surface area (Å²) in [7, 11) is 0. The molecule has 0 heterocycles. The number of benzene rings is 1. The molecule has 1 aromatic rings. The maximum absolute atomic E-state index is 11.6. The summed E-state index contributed by atoms with van der Waals surface area (Å²) in [6, 6.07) is 7.75. The zero-order chi connectivity index (χ0) is 12.1. The fraction of sp³-hybridized carbons (Fsp3) is 0.400. The molecule has 1 aromatic carbocycles. The molecule has 1 saturated carbocycles. The standard InChI is InChI=1S/C15H17ClO/c16-14-9-4-6-12(11-14)5-3-8-13-7-1-2-10-15(13)17/h3-6,9,11,13H,1-2,7-8,10H2/b5-3+/t13-/m1/s1. The first-order valence-corrected chi connectivity index (χ1v) is 6.58. The highest BCUT2D eigenvalue weighted by Crippen LogP contribution is 2.24. The van der Waals surface area contributed by atoms with E-state index in [2.05, 4.69) is 6.08 Å². The Morgan fingerprint density at radius 1 is 1.35 bits per heavy atom. The lowest BCUT2D eigenvalue weighted by atomic mass is 9.85. The number of hydrogen-bond donors (Lipinski definition) is 0. The lowest BCUT2D eigenvalue weighted by Crippen LogP contribution is -2.17. The summed E-state index contributed by atoms with van der Waals surface area (Å²) >= 11 is 5.91. The number of hydrogen-bond acceptors (Lipinski definition) is 1. The van der Waals surface area contributed by atoms with E-state index in [1.54, 1.807) is 0 Å². The molecule has 2 heteroatoms. The van der Waals surface area contributed by atoms with Gasteiger partial charge >= 0.3 is 0 Å². The van der Waals surface area contributed by atoms with Crippen LogP contribution in [0.5, 0.6) is 0 Å². The highest BCUT2D eigenvalue weighted by atomic mass is 35.5. The molecule has 0 unspecified atom stereocenters. The van der Waals surface area contributed by atoms with Crippen LogP contribution in [0.3, 0.4) is 0 Å². The van der Waals surface area contributed by atoms with Crippen molar-refractivity contribution in [3.05, 3.63) is 40.9 Å². The van der Waals surface area contributed by atoms with Gasteiger partial charge in [0.1, 0.15) is 5.78 Å². The van der Waals surface area contributed by atoms with Gasteiger partial charge < -0.3 is 0 Å². The van der Waals surface area contributed by atoms with Gasteiger partial charge in [0.2, 0.25) is 0 Å². The second-order valence-electron chi connectivity index (χ2n) is 4.60. The van der Waals surface area contributed by atoms with Crippen molar-refractivity contribution in [2.45, 2.75) is 32.1 Å². The normalized spacial score (nSPS) is 21.0. The van der Waals surface area contributed by atoms with E-state index in [0.29, 0.717) is 5.78 Å². The molecule has 90 valence electrons. The quantitative estimate of drug-likeness (QED) is 0.770. The number of halogens is 1. The summed E-state index contributed by atoms with van der Waals surface area (Å²) in [5, 5.41) is 0.751. The lowest BCUT2D eigenvalue weighted by Gasteiger charge is -2.18. The number of allylic oxidation sites excluding steroid dienone is 1. The van der Waals surface area contributed by atoms with Gasteiger partial charge in [0, 0.05) is 17.4 Å². The van der Waals surface area contributed by atoms with Crippen LogP contribution in [0.25, 0.3) is 6.08 Å². The summed E-state index contributed by atoms with van der Waals surface area (Å²) in [5.74, 6) is 0.686. The minimum atomic E-state index is 0.249. The Kier molecular flexibility index (Phi) is 4.38. The Labute approximate surface area is 107 Å². The van der Waals surface area contributed by atoms with Crippen molar-refractivity contribution < 1.29 is 4.79 Å². The molecular weight excluding hydrogens is 232 g/mol. The monoisotopic (exact) mass is 248 g/mol. The zero-order valence-electron chi connectivity index (χ0n) is 9.86. The Bertz CT molecular complexity index is 423. The highest BCUT2D eigenvalue weighted by molar-refractivity contribution is 6.30. The minimum Gasteiger partial charge on any atom is -0.299 e. The fourth-order valence-corrected chi connectivity index (χ4v) is 2.48. The maximum atomic E-state index is 11.6. The van der Waals surface area contributed by atoms with E-state index in [9.17, 15) is 4.79 Å². The first-order valence-electron chi connectivity index (χ1n) is 6.20. The molecule has 0 amide bonds. The Balaban J connectivity index is 1.91. The molecule has 0 N–H and O–H groups in total. The average molecular weight is 249 g/mol. The number of carbonyl (C=O) groups excluding carboxylic acids is 1. The van der Waals surface area contributed by atoms with Crippen molar-refractivity contribution >= 4 is 23.5 Å². The Hall–Kier alpha value is -1.08. The molecule has 1 aliphatic carbocycles. The summed E-state index contributed by atoms with van der Waals surface area (Å²) in [5.41, 5.74) is 1.10. The van der Waals surface area contributed by atoms with Crippen LogP contribution in [0.1, 0.15) is 37.7 Å². The largest absolute Gasteiger partial charge is 0.299 e. The van der Waals surface area contributed by atoms with Crippen molar-refractivity contribution in [2.75, 3.05) is 0 Å². The molecule has 17 heavy (non-hydrogen) atoms. The van der Waals surface area contributed by atoms with E-state index in [0.717, 1.165) is 36.3 Å². The van der Waals surface area contributed by atoms with Gasteiger partial charge in [-0.25, -0.2) is 0 Å². The van der Waals surface area contributed by atoms with Crippen molar-refractivity contribution in [1.82, 2.24) is 0 Å². The molecule has 1 aliphatic rings. The second-order valence-corrected chi connectivity index (χ2v) is 5.04. The van der Waals surface area contributed by atoms with Gasteiger partial charge in [-0.2, -0.15) is 0 Å². The Morgan fingerprint density at radius 2 is 2.24 bits per heavy atom. The van der Waals surface area contributed by atoms with Crippen molar-refractivity contribution in [2.24, 2.45) is 5.92 Å².